The highest BCUT2D eigenvalue weighted by Crippen LogP contribution is 2.30. The number of halogens is 3. The van der Waals surface area contributed by atoms with Crippen molar-refractivity contribution >= 4 is 0 Å². The van der Waals surface area contributed by atoms with E-state index >= 15 is 0 Å². The fraction of sp³-hybridized carbons (Fsp3) is 0.727. The van der Waals surface area contributed by atoms with Crippen LogP contribution in [0.1, 0.15) is 50.3 Å². The highest BCUT2D eigenvalue weighted by molar-refractivity contribution is 5.04. The second-order valence-corrected chi connectivity index (χ2v) is 4.32. The van der Waals surface area contributed by atoms with Crippen LogP contribution in [-0.2, 0) is 6.18 Å². The Bertz CT molecular complexity index is 335. The summed E-state index contributed by atoms with van der Waals surface area (Å²) in [6.07, 6.45) is 3.57. The molecule has 0 amide bonds. The first-order valence-corrected chi connectivity index (χ1v) is 5.70. The minimum atomic E-state index is -4.32. The molecule has 5 heteroatoms. The maximum Gasteiger partial charge on any atom is 0.435 e. The third-order valence-corrected chi connectivity index (χ3v) is 3.10. The molecule has 1 fully saturated rings. The Morgan fingerprint density at radius 3 is 2.25 bits per heavy atom. The number of alkyl halides is 3. The molecular weight excluding hydrogens is 217 g/mol. The van der Waals surface area contributed by atoms with E-state index < -0.39 is 11.9 Å². The molecule has 0 N–H and O–H groups in total. The van der Waals surface area contributed by atoms with Crippen LogP contribution in [0, 0.1) is 0 Å². The van der Waals surface area contributed by atoms with Crippen molar-refractivity contribution in [3.8, 4) is 0 Å². The van der Waals surface area contributed by atoms with Crippen molar-refractivity contribution in [1.29, 1.82) is 0 Å². The van der Waals surface area contributed by atoms with Crippen molar-refractivity contribution in [2.24, 2.45) is 0 Å². The molecule has 1 aliphatic rings. The summed E-state index contributed by atoms with van der Waals surface area (Å²) in [5.74, 6) is 0. The SMILES string of the molecule is FC(F)(F)c1ccn(C2CCCCCC2)n1. The lowest BCUT2D eigenvalue weighted by atomic mass is 10.1. The topological polar surface area (TPSA) is 17.8 Å². The Labute approximate surface area is 92.4 Å². The lowest BCUT2D eigenvalue weighted by Gasteiger charge is -2.14. The first kappa shape index (κ1) is 11.5. The molecular formula is C11H15F3N2. The minimum Gasteiger partial charge on any atom is -0.269 e. The van der Waals surface area contributed by atoms with Crippen LogP contribution in [0.5, 0.6) is 0 Å². The molecule has 0 aliphatic heterocycles. The van der Waals surface area contributed by atoms with Crippen molar-refractivity contribution in [3.63, 3.8) is 0 Å². The van der Waals surface area contributed by atoms with Crippen molar-refractivity contribution in [3.05, 3.63) is 18.0 Å². The standard InChI is InChI=1S/C11H15F3N2/c12-11(13,14)10-7-8-16(15-10)9-5-3-1-2-4-6-9/h7-9H,1-6H2. The van der Waals surface area contributed by atoms with Crippen molar-refractivity contribution in [1.82, 2.24) is 9.78 Å². The van der Waals surface area contributed by atoms with Gasteiger partial charge in [0.1, 0.15) is 0 Å². The number of aromatic nitrogens is 2. The Morgan fingerprint density at radius 1 is 1.12 bits per heavy atom. The summed E-state index contributed by atoms with van der Waals surface area (Å²) in [6, 6.07) is 1.21. The molecule has 1 aromatic heterocycles. The van der Waals surface area contributed by atoms with E-state index in [1.165, 1.54) is 23.7 Å². The zero-order chi connectivity index (χ0) is 11.6. The number of hydrogen-bond acceptors (Lipinski definition) is 1. The van der Waals surface area contributed by atoms with Crippen LogP contribution in [0.25, 0.3) is 0 Å². The molecule has 0 saturated heterocycles. The van der Waals surface area contributed by atoms with Crippen LogP contribution in [0.15, 0.2) is 12.3 Å². The average Bonchev–Trinajstić information content (AvgIpc) is 2.55. The van der Waals surface area contributed by atoms with E-state index in [0.29, 0.717) is 0 Å². The summed E-state index contributed by atoms with van der Waals surface area (Å²) in [6.45, 7) is 0. The fourth-order valence-corrected chi connectivity index (χ4v) is 2.21. The zero-order valence-corrected chi connectivity index (χ0v) is 9.00. The molecule has 1 heterocycles. The Hall–Kier alpha value is -1.00. The van der Waals surface area contributed by atoms with Gasteiger partial charge in [0.15, 0.2) is 5.69 Å². The predicted octanol–water partition coefficient (Wildman–Crippen LogP) is 3.80. The molecule has 2 rings (SSSR count). The first-order valence-electron chi connectivity index (χ1n) is 5.70. The zero-order valence-electron chi connectivity index (χ0n) is 9.00. The monoisotopic (exact) mass is 232 g/mol. The van der Waals surface area contributed by atoms with Gasteiger partial charge in [-0.05, 0) is 18.9 Å². The number of rotatable bonds is 1. The minimum absolute atomic E-state index is 0.151. The number of nitrogens with zero attached hydrogens (tertiary/aromatic N) is 2. The summed E-state index contributed by atoms with van der Waals surface area (Å²) in [5.41, 5.74) is -0.781. The van der Waals surface area contributed by atoms with Crippen LogP contribution >= 0.6 is 0 Å². The molecule has 0 atom stereocenters. The van der Waals surface area contributed by atoms with Crippen LogP contribution < -0.4 is 0 Å². The third-order valence-electron chi connectivity index (χ3n) is 3.10. The van der Waals surface area contributed by atoms with Gasteiger partial charge in [-0.2, -0.15) is 18.3 Å². The highest BCUT2D eigenvalue weighted by Gasteiger charge is 2.34. The Balaban J connectivity index is 2.11. The molecule has 0 bridgehead atoms. The molecule has 16 heavy (non-hydrogen) atoms. The van der Waals surface area contributed by atoms with E-state index in [9.17, 15) is 13.2 Å². The van der Waals surface area contributed by atoms with Crippen LogP contribution in [0.4, 0.5) is 13.2 Å². The molecule has 1 aliphatic carbocycles. The lowest BCUT2D eigenvalue weighted by Crippen LogP contribution is -2.12. The van der Waals surface area contributed by atoms with Gasteiger partial charge in [0, 0.05) is 6.20 Å². The van der Waals surface area contributed by atoms with Gasteiger partial charge < -0.3 is 0 Å². The summed E-state index contributed by atoms with van der Waals surface area (Å²) in [7, 11) is 0. The third kappa shape index (κ3) is 2.57. The van der Waals surface area contributed by atoms with E-state index in [-0.39, 0.29) is 6.04 Å². The van der Waals surface area contributed by atoms with Gasteiger partial charge in [0.25, 0.3) is 0 Å². The summed E-state index contributed by atoms with van der Waals surface area (Å²) in [5, 5.41) is 3.64. The summed E-state index contributed by atoms with van der Waals surface area (Å²) in [4.78, 5) is 0. The molecule has 90 valence electrons. The highest BCUT2D eigenvalue weighted by atomic mass is 19.4. The maximum absolute atomic E-state index is 12.4. The average molecular weight is 232 g/mol. The quantitative estimate of drug-likeness (QED) is 0.673. The molecule has 0 spiro atoms. The van der Waals surface area contributed by atoms with Gasteiger partial charge in [0.2, 0.25) is 0 Å². The van der Waals surface area contributed by atoms with Crippen LogP contribution in [-0.4, -0.2) is 9.78 Å². The molecule has 1 saturated carbocycles. The Kier molecular flexibility index (Phi) is 3.21. The van der Waals surface area contributed by atoms with Crippen molar-refractivity contribution < 1.29 is 13.2 Å². The van der Waals surface area contributed by atoms with E-state index in [4.69, 9.17) is 0 Å². The maximum atomic E-state index is 12.4. The van der Waals surface area contributed by atoms with Gasteiger partial charge in [0.05, 0.1) is 6.04 Å². The fourth-order valence-electron chi connectivity index (χ4n) is 2.21. The van der Waals surface area contributed by atoms with Crippen molar-refractivity contribution in [2.45, 2.75) is 50.7 Å². The second-order valence-electron chi connectivity index (χ2n) is 4.32. The molecule has 2 nitrogen and oxygen atoms in total. The van der Waals surface area contributed by atoms with Gasteiger partial charge >= 0.3 is 6.18 Å². The van der Waals surface area contributed by atoms with E-state index in [0.717, 1.165) is 31.7 Å². The second kappa shape index (κ2) is 4.47. The molecule has 0 aromatic carbocycles. The van der Waals surface area contributed by atoms with E-state index in [1.807, 2.05) is 0 Å². The van der Waals surface area contributed by atoms with E-state index in [2.05, 4.69) is 5.10 Å². The lowest BCUT2D eigenvalue weighted by molar-refractivity contribution is -0.141. The smallest absolute Gasteiger partial charge is 0.269 e. The predicted molar refractivity (Wildman–Crippen MR) is 54.0 cm³/mol. The number of hydrogen-bond donors (Lipinski definition) is 0. The van der Waals surface area contributed by atoms with Gasteiger partial charge in [-0.1, -0.05) is 25.7 Å². The molecule has 0 unspecified atom stereocenters. The molecule has 1 aromatic rings. The van der Waals surface area contributed by atoms with Gasteiger partial charge in [-0.15, -0.1) is 0 Å². The normalized spacial score (nSPS) is 19.7. The van der Waals surface area contributed by atoms with Crippen LogP contribution in [0.3, 0.4) is 0 Å². The van der Waals surface area contributed by atoms with E-state index in [1.54, 1.807) is 0 Å². The summed E-state index contributed by atoms with van der Waals surface area (Å²) >= 11 is 0. The van der Waals surface area contributed by atoms with Gasteiger partial charge in [-0.25, -0.2) is 0 Å². The molecule has 0 radical (unpaired) electrons. The Morgan fingerprint density at radius 2 is 1.75 bits per heavy atom. The van der Waals surface area contributed by atoms with Gasteiger partial charge in [-0.3, -0.25) is 4.68 Å². The first-order chi connectivity index (χ1) is 7.57. The summed E-state index contributed by atoms with van der Waals surface area (Å²) < 4.78 is 38.6. The largest absolute Gasteiger partial charge is 0.435 e. The van der Waals surface area contributed by atoms with Crippen molar-refractivity contribution in [2.75, 3.05) is 0 Å². The van der Waals surface area contributed by atoms with Crippen LogP contribution in [0.2, 0.25) is 0 Å².